The number of nitrogens with two attached hydrogens (primary N) is 1. The van der Waals surface area contributed by atoms with Crippen LogP contribution < -0.4 is 5.73 Å². The minimum Gasteiger partial charge on any atom is -0.508 e. The molecule has 0 aliphatic rings. The minimum absolute atomic E-state index is 0.128. The molecule has 1 aromatic rings. The van der Waals surface area contributed by atoms with Gasteiger partial charge in [0.05, 0.1) is 19.3 Å². The topological polar surface area (TPSA) is 85.0 Å². The van der Waals surface area contributed by atoms with E-state index in [0.29, 0.717) is 32.7 Å². The predicted octanol–water partition coefficient (Wildman–Crippen LogP) is 0.383. The van der Waals surface area contributed by atoms with Crippen LogP contribution in [-0.2, 0) is 20.7 Å². The predicted molar refractivity (Wildman–Crippen MR) is 80.1 cm³/mol. The van der Waals surface area contributed by atoms with Crippen LogP contribution in [0.15, 0.2) is 24.3 Å². The van der Waals surface area contributed by atoms with E-state index in [1.165, 1.54) is 0 Å². The molecule has 0 aromatic heterocycles. The van der Waals surface area contributed by atoms with Crippen molar-refractivity contribution in [1.29, 1.82) is 0 Å². The van der Waals surface area contributed by atoms with E-state index >= 15 is 0 Å². The van der Waals surface area contributed by atoms with E-state index in [0.717, 1.165) is 5.56 Å². The van der Waals surface area contributed by atoms with Crippen molar-refractivity contribution in [3.63, 3.8) is 0 Å². The molecular formula is C15H24N2O4. The largest absolute Gasteiger partial charge is 0.508 e. The maximum atomic E-state index is 12.4. The van der Waals surface area contributed by atoms with Crippen LogP contribution in [0.2, 0.25) is 0 Å². The van der Waals surface area contributed by atoms with E-state index in [1.54, 1.807) is 43.4 Å². The Morgan fingerprint density at radius 2 is 1.71 bits per heavy atom. The van der Waals surface area contributed by atoms with Gasteiger partial charge in [0.25, 0.3) is 0 Å². The Morgan fingerprint density at radius 1 is 1.19 bits per heavy atom. The summed E-state index contributed by atoms with van der Waals surface area (Å²) in [6, 6.07) is 6.07. The Hall–Kier alpha value is -1.63. The number of amides is 1. The number of hydrogen-bond acceptors (Lipinski definition) is 5. The Bertz CT molecular complexity index is 414. The molecule has 118 valence electrons. The summed E-state index contributed by atoms with van der Waals surface area (Å²) in [6.07, 6.45) is 0.426. The highest BCUT2D eigenvalue weighted by Crippen LogP contribution is 2.11. The van der Waals surface area contributed by atoms with Gasteiger partial charge in [-0.15, -0.1) is 0 Å². The number of carbonyl (C=O) groups is 1. The zero-order valence-corrected chi connectivity index (χ0v) is 12.6. The van der Waals surface area contributed by atoms with Gasteiger partial charge >= 0.3 is 0 Å². The molecule has 0 fully saturated rings. The lowest BCUT2D eigenvalue weighted by Crippen LogP contribution is -2.47. The standard InChI is InChI=1S/C15H24N2O4/c1-20-9-7-17(8-10-21-2)15(19)14(16)11-12-3-5-13(18)6-4-12/h3-6,14,18H,7-11,16H2,1-2H3. The first-order chi connectivity index (χ1) is 10.1. The second-order valence-corrected chi connectivity index (χ2v) is 4.79. The van der Waals surface area contributed by atoms with Crippen molar-refractivity contribution in [2.75, 3.05) is 40.5 Å². The van der Waals surface area contributed by atoms with Crippen molar-refractivity contribution >= 4 is 5.91 Å². The molecule has 0 heterocycles. The lowest BCUT2D eigenvalue weighted by atomic mass is 10.1. The third kappa shape index (κ3) is 6.12. The second-order valence-electron chi connectivity index (χ2n) is 4.79. The molecule has 3 N–H and O–H groups in total. The fourth-order valence-corrected chi connectivity index (χ4v) is 1.94. The van der Waals surface area contributed by atoms with Crippen LogP contribution in [-0.4, -0.2) is 62.5 Å². The van der Waals surface area contributed by atoms with Crippen molar-refractivity contribution in [3.8, 4) is 5.75 Å². The third-order valence-electron chi connectivity index (χ3n) is 3.15. The molecule has 0 bridgehead atoms. The summed E-state index contributed by atoms with van der Waals surface area (Å²) in [5.41, 5.74) is 6.91. The maximum absolute atomic E-state index is 12.4. The number of methoxy groups -OCH3 is 2. The van der Waals surface area contributed by atoms with Crippen molar-refractivity contribution in [2.24, 2.45) is 5.73 Å². The van der Waals surface area contributed by atoms with Gasteiger partial charge in [-0.3, -0.25) is 4.79 Å². The second kappa shape index (κ2) is 9.33. The SMILES string of the molecule is COCCN(CCOC)C(=O)C(N)Cc1ccc(O)cc1. The monoisotopic (exact) mass is 296 g/mol. The van der Waals surface area contributed by atoms with E-state index in [2.05, 4.69) is 0 Å². The van der Waals surface area contributed by atoms with Crippen molar-refractivity contribution in [1.82, 2.24) is 4.90 Å². The zero-order valence-electron chi connectivity index (χ0n) is 12.6. The average Bonchev–Trinajstić information content (AvgIpc) is 2.49. The number of ether oxygens (including phenoxy) is 2. The Morgan fingerprint density at radius 3 is 2.19 bits per heavy atom. The maximum Gasteiger partial charge on any atom is 0.239 e. The van der Waals surface area contributed by atoms with Gasteiger partial charge in [0.1, 0.15) is 5.75 Å². The summed E-state index contributed by atoms with van der Waals surface area (Å²) in [5, 5.41) is 9.25. The number of nitrogens with zero attached hydrogens (tertiary/aromatic N) is 1. The van der Waals surface area contributed by atoms with Crippen molar-refractivity contribution in [3.05, 3.63) is 29.8 Å². The highest BCUT2D eigenvalue weighted by atomic mass is 16.5. The summed E-state index contributed by atoms with van der Waals surface area (Å²) in [6.45, 7) is 1.90. The quantitative estimate of drug-likeness (QED) is 0.688. The van der Waals surface area contributed by atoms with E-state index < -0.39 is 6.04 Å². The third-order valence-corrected chi connectivity index (χ3v) is 3.15. The molecule has 0 aliphatic heterocycles. The molecule has 0 saturated heterocycles. The van der Waals surface area contributed by atoms with Crippen LogP contribution in [0, 0.1) is 0 Å². The van der Waals surface area contributed by atoms with Crippen LogP contribution >= 0.6 is 0 Å². The summed E-state index contributed by atoms with van der Waals surface area (Å²) >= 11 is 0. The fraction of sp³-hybridized carbons (Fsp3) is 0.533. The molecule has 0 radical (unpaired) electrons. The Kier molecular flexibility index (Phi) is 7.74. The number of phenolic OH excluding ortho intramolecular Hbond substituents is 1. The number of phenols is 1. The van der Waals surface area contributed by atoms with Gasteiger partial charge in [-0.1, -0.05) is 12.1 Å². The summed E-state index contributed by atoms with van der Waals surface area (Å²) in [4.78, 5) is 14.0. The van der Waals surface area contributed by atoms with E-state index in [1.807, 2.05) is 0 Å². The number of carbonyl (C=O) groups excluding carboxylic acids is 1. The Labute approximate surface area is 125 Å². The van der Waals surface area contributed by atoms with Crippen molar-refractivity contribution in [2.45, 2.75) is 12.5 Å². The van der Waals surface area contributed by atoms with Gasteiger partial charge in [-0.25, -0.2) is 0 Å². The molecule has 21 heavy (non-hydrogen) atoms. The zero-order chi connectivity index (χ0) is 15.7. The van der Waals surface area contributed by atoms with Gasteiger partial charge in [-0.05, 0) is 24.1 Å². The molecule has 1 aromatic carbocycles. The first-order valence-corrected chi connectivity index (χ1v) is 6.88. The van der Waals surface area contributed by atoms with E-state index in [-0.39, 0.29) is 11.7 Å². The number of benzene rings is 1. The Balaban J connectivity index is 2.60. The normalized spacial score (nSPS) is 12.1. The highest BCUT2D eigenvalue weighted by molar-refractivity contribution is 5.82. The lowest BCUT2D eigenvalue weighted by Gasteiger charge is -2.25. The highest BCUT2D eigenvalue weighted by Gasteiger charge is 2.20. The lowest BCUT2D eigenvalue weighted by molar-refractivity contribution is -0.133. The van der Waals surface area contributed by atoms with Gasteiger partial charge in [0, 0.05) is 27.3 Å². The fourth-order valence-electron chi connectivity index (χ4n) is 1.94. The summed E-state index contributed by atoms with van der Waals surface area (Å²) < 4.78 is 10.0. The molecule has 1 unspecified atom stereocenters. The molecule has 0 saturated carbocycles. The van der Waals surface area contributed by atoms with Crippen LogP contribution in [0.3, 0.4) is 0 Å². The summed E-state index contributed by atoms with van der Waals surface area (Å²) in [7, 11) is 3.19. The van der Waals surface area contributed by atoms with Gasteiger partial charge in [0.2, 0.25) is 5.91 Å². The van der Waals surface area contributed by atoms with Crippen LogP contribution in [0.1, 0.15) is 5.56 Å². The van der Waals surface area contributed by atoms with Crippen molar-refractivity contribution < 1.29 is 19.4 Å². The average molecular weight is 296 g/mol. The van der Waals surface area contributed by atoms with Gasteiger partial charge in [0.15, 0.2) is 0 Å². The summed E-state index contributed by atoms with van der Waals surface area (Å²) in [5.74, 6) is 0.0673. The molecule has 0 spiro atoms. The van der Waals surface area contributed by atoms with Crippen LogP contribution in [0.25, 0.3) is 0 Å². The van der Waals surface area contributed by atoms with Gasteiger partial charge < -0.3 is 25.2 Å². The molecule has 0 aliphatic carbocycles. The molecule has 6 nitrogen and oxygen atoms in total. The molecular weight excluding hydrogens is 272 g/mol. The molecule has 1 amide bonds. The van der Waals surface area contributed by atoms with Gasteiger partial charge in [-0.2, -0.15) is 0 Å². The first kappa shape index (κ1) is 17.4. The minimum atomic E-state index is -0.622. The first-order valence-electron chi connectivity index (χ1n) is 6.88. The molecule has 1 rings (SSSR count). The number of rotatable bonds is 9. The van der Waals surface area contributed by atoms with Crippen LogP contribution in [0.4, 0.5) is 0 Å². The van der Waals surface area contributed by atoms with E-state index in [9.17, 15) is 9.90 Å². The molecule has 1 atom stereocenters. The van der Waals surface area contributed by atoms with Crippen LogP contribution in [0.5, 0.6) is 5.75 Å². The molecule has 6 heteroatoms. The van der Waals surface area contributed by atoms with E-state index in [4.69, 9.17) is 15.2 Å². The number of aromatic hydroxyl groups is 1. The smallest absolute Gasteiger partial charge is 0.239 e. The number of hydrogen-bond donors (Lipinski definition) is 2.